The lowest BCUT2D eigenvalue weighted by atomic mass is 9.93. The topological polar surface area (TPSA) is 51.8 Å². The Kier molecular flexibility index (Phi) is 5.29. The molecule has 0 bridgehead atoms. The Hall–Kier alpha value is -5.61. The molecule has 8 aromatic rings. The van der Waals surface area contributed by atoms with E-state index < -0.39 is 0 Å². The van der Waals surface area contributed by atoms with E-state index in [1.165, 1.54) is 26.9 Å². The molecule has 9 rings (SSSR count). The van der Waals surface area contributed by atoms with Crippen LogP contribution in [-0.4, -0.2) is 15.0 Å². The van der Waals surface area contributed by atoms with Crippen molar-refractivity contribution in [3.63, 3.8) is 0 Å². The van der Waals surface area contributed by atoms with Gasteiger partial charge in [-0.15, -0.1) is 0 Å². The third-order valence-electron chi connectivity index (χ3n) is 8.55. The van der Waals surface area contributed by atoms with Gasteiger partial charge in [0.05, 0.1) is 0 Å². The van der Waals surface area contributed by atoms with Crippen molar-refractivity contribution in [3.05, 3.63) is 145 Å². The number of nitrogens with zero attached hydrogens (tertiary/aromatic N) is 3. The number of rotatable bonds is 3. The summed E-state index contributed by atoms with van der Waals surface area (Å²) < 4.78 is 6.30. The molecule has 202 valence electrons. The Morgan fingerprint density at radius 1 is 0.488 bits per heavy atom. The quantitative estimate of drug-likeness (QED) is 0.205. The van der Waals surface area contributed by atoms with Gasteiger partial charge < -0.3 is 4.42 Å². The molecule has 0 radical (unpaired) electrons. The van der Waals surface area contributed by atoms with E-state index in [1.54, 1.807) is 0 Å². The number of aryl methyl sites for hydroxylation is 1. The lowest BCUT2D eigenvalue weighted by Gasteiger charge is -2.15. The minimum absolute atomic E-state index is 0.656. The average Bonchev–Trinajstić information content (AvgIpc) is 3.46. The molecule has 2 aromatic heterocycles. The van der Waals surface area contributed by atoms with Crippen molar-refractivity contribution in [2.24, 2.45) is 0 Å². The van der Waals surface area contributed by atoms with E-state index >= 15 is 0 Å². The second-order valence-electron chi connectivity index (χ2n) is 11.1. The van der Waals surface area contributed by atoms with E-state index in [1.807, 2.05) is 12.1 Å². The molecule has 2 heterocycles. The van der Waals surface area contributed by atoms with E-state index in [-0.39, 0.29) is 0 Å². The molecule has 1 aliphatic carbocycles. The van der Waals surface area contributed by atoms with Gasteiger partial charge in [-0.1, -0.05) is 109 Å². The number of allylic oxidation sites excluding steroid dienone is 1. The van der Waals surface area contributed by atoms with E-state index in [4.69, 9.17) is 19.4 Å². The van der Waals surface area contributed by atoms with Gasteiger partial charge in [0.25, 0.3) is 0 Å². The predicted octanol–water partition coefficient (Wildman–Crippen LogP) is 9.79. The van der Waals surface area contributed by atoms with E-state index in [0.29, 0.717) is 17.5 Å². The standard InChI is InChI=1S/C39H25N3O/c1-2-10-27-22-28(20-16-24(27)8-1)37-40-38(29-21-19-26-18-17-25-9-3-4-11-30(25)33(26)23-29)42-39(41-37)32-13-7-15-35-36(32)31-12-5-6-14-34(31)43-35/h1-6,8-14,16-23H,7,15H2. The normalized spacial score (nSPS) is 13.1. The molecular weight excluding hydrogens is 526 g/mol. The average molecular weight is 552 g/mol. The van der Waals surface area contributed by atoms with Gasteiger partial charge in [-0.2, -0.15) is 0 Å². The first-order valence-corrected chi connectivity index (χ1v) is 14.7. The molecule has 0 unspecified atom stereocenters. The van der Waals surface area contributed by atoms with Crippen LogP contribution in [0.3, 0.4) is 0 Å². The van der Waals surface area contributed by atoms with E-state index in [2.05, 4.69) is 115 Å². The maximum absolute atomic E-state index is 6.30. The fourth-order valence-electron chi connectivity index (χ4n) is 6.44. The van der Waals surface area contributed by atoms with Crippen LogP contribution in [-0.2, 0) is 6.42 Å². The highest BCUT2D eigenvalue weighted by Gasteiger charge is 2.25. The highest BCUT2D eigenvalue weighted by Crippen LogP contribution is 2.39. The third kappa shape index (κ3) is 3.95. The first-order valence-electron chi connectivity index (χ1n) is 14.7. The minimum Gasteiger partial charge on any atom is -0.460 e. The van der Waals surface area contributed by atoms with Crippen LogP contribution in [0.15, 0.2) is 132 Å². The highest BCUT2D eigenvalue weighted by molar-refractivity contribution is 6.08. The summed E-state index contributed by atoms with van der Waals surface area (Å²) in [6, 6.07) is 42.4. The molecule has 0 fully saturated rings. The van der Waals surface area contributed by atoms with Crippen LogP contribution < -0.4 is 0 Å². The number of benzene rings is 6. The van der Waals surface area contributed by atoms with Crippen molar-refractivity contribution in [2.45, 2.75) is 12.8 Å². The smallest absolute Gasteiger partial charge is 0.164 e. The zero-order chi connectivity index (χ0) is 28.3. The second-order valence-corrected chi connectivity index (χ2v) is 11.1. The number of hydrogen-bond acceptors (Lipinski definition) is 4. The molecule has 0 aliphatic heterocycles. The molecular formula is C39H25N3O. The van der Waals surface area contributed by atoms with Gasteiger partial charge >= 0.3 is 0 Å². The number of fused-ring (bicyclic) bond motifs is 7. The summed E-state index contributed by atoms with van der Waals surface area (Å²) in [5, 5.41) is 8.24. The summed E-state index contributed by atoms with van der Waals surface area (Å²) >= 11 is 0. The Morgan fingerprint density at radius 3 is 1.93 bits per heavy atom. The van der Waals surface area contributed by atoms with Crippen molar-refractivity contribution in [1.29, 1.82) is 0 Å². The number of para-hydroxylation sites is 1. The molecule has 0 saturated heterocycles. The number of hydrogen-bond donors (Lipinski definition) is 0. The van der Waals surface area contributed by atoms with Gasteiger partial charge in [0.1, 0.15) is 11.3 Å². The monoisotopic (exact) mass is 551 g/mol. The summed E-state index contributed by atoms with van der Waals surface area (Å²) in [6.45, 7) is 0. The zero-order valence-electron chi connectivity index (χ0n) is 23.3. The summed E-state index contributed by atoms with van der Waals surface area (Å²) in [5.74, 6) is 2.97. The Balaban J connectivity index is 1.29. The SMILES string of the molecule is C1=C(c2nc(-c3ccc4ccccc4c3)nc(-c3ccc4ccc5ccccc5c4c3)n2)c2c(oc3ccccc23)CC1. The lowest BCUT2D eigenvalue weighted by molar-refractivity contribution is 0.545. The van der Waals surface area contributed by atoms with E-state index in [9.17, 15) is 0 Å². The van der Waals surface area contributed by atoms with Crippen LogP contribution in [0.1, 0.15) is 23.6 Å². The van der Waals surface area contributed by atoms with Gasteiger partial charge in [-0.25, -0.2) is 15.0 Å². The number of furan rings is 1. The molecule has 6 aromatic carbocycles. The fraction of sp³-hybridized carbons (Fsp3) is 0.0513. The van der Waals surface area contributed by atoms with Crippen LogP contribution in [0.2, 0.25) is 0 Å². The van der Waals surface area contributed by atoms with Crippen LogP contribution in [0.5, 0.6) is 0 Å². The summed E-state index contributed by atoms with van der Waals surface area (Å²) in [5.41, 5.74) is 4.91. The molecule has 4 heteroatoms. The van der Waals surface area contributed by atoms with Gasteiger partial charge in [0.2, 0.25) is 0 Å². The molecule has 0 atom stereocenters. The number of aromatic nitrogens is 3. The van der Waals surface area contributed by atoms with Crippen molar-refractivity contribution < 1.29 is 4.42 Å². The van der Waals surface area contributed by atoms with Crippen molar-refractivity contribution in [3.8, 4) is 22.8 Å². The maximum atomic E-state index is 6.30. The first-order chi connectivity index (χ1) is 21.3. The second kappa shape index (κ2) is 9.47. The summed E-state index contributed by atoms with van der Waals surface area (Å²) in [6.07, 6.45) is 3.98. The van der Waals surface area contributed by atoms with Crippen LogP contribution in [0.4, 0.5) is 0 Å². The molecule has 0 amide bonds. The molecule has 0 saturated carbocycles. The Bertz CT molecular complexity index is 2420. The molecule has 4 nitrogen and oxygen atoms in total. The largest absolute Gasteiger partial charge is 0.460 e. The predicted molar refractivity (Wildman–Crippen MR) is 175 cm³/mol. The van der Waals surface area contributed by atoms with Gasteiger partial charge in [-0.05, 0) is 56.9 Å². The maximum Gasteiger partial charge on any atom is 0.164 e. The zero-order valence-corrected chi connectivity index (χ0v) is 23.3. The first kappa shape index (κ1) is 24.0. The minimum atomic E-state index is 0.656. The summed E-state index contributed by atoms with van der Waals surface area (Å²) in [7, 11) is 0. The van der Waals surface area contributed by atoms with Crippen LogP contribution in [0, 0.1) is 0 Å². The van der Waals surface area contributed by atoms with Crippen LogP contribution in [0.25, 0.3) is 71.6 Å². The van der Waals surface area contributed by atoms with Crippen molar-refractivity contribution >= 4 is 48.9 Å². The third-order valence-corrected chi connectivity index (χ3v) is 8.55. The molecule has 0 N–H and O–H groups in total. The Labute approximate surface area is 248 Å². The summed E-state index contributed by atoms with van der Waals surface area (Å²) in [4.78, 5) is 15.4. The highest BCUT2D eigenvalue weighted by atomic mass is 16.3. The Morgan fingerprint density at radius 2 is 1.09 bits per heavy atom. The van der Waals surface area contributed by atoms with Gasteiger partial charge in [0.15, 0.2) is 17.5 Å². The van der Waals surface area contributed by atoms with Crippen molar-refractivity contribution in [2.75, 3.05) is 0 Å². The van der Waals surface area contributed by atoms with E-state index in [0.717, 1.165) is 57.2 Å². The van der Waals surface area contributed by atoms with Gasteiger partial charge in [-0.3, -0.25) is 0 Å². The van der Waals surface area contributed by atoms with Crippen LogP contribution >= 0.6 is 0 Å². The van der Waals surface area contributed by atoms with Gasteiger partial charge in [0, 0.05) is 34.1 Å². The lowest BCUT2D eigenvalue weighted by Crippen LogP contribution is -2.06. The van der Waals surface area contributed by atoms with Crippen molar-refractivity contribution in [1.82, 2.24) is 15.0 Å². The molecule has 0 spiro atoms. The molecule has 43 heavy (non-hydrogen) atoms. The molecule has 1 aliphatic rings. The fourth-order valence-corrected chi connectivity index (χ4v) is 6.44.